The van der Waals surface area contributed by atoms with Crippen LogP contribution in [0.25, 0.3) is 11.2 Å². The molecule has 0 aromatic carbocycles. The van der Waals surface area contributed by atoms with Crippen molar-refractivity contribution in [3.63, 3.8) is 0 Å². The van der Waals surface area contributed by atoms with E-state index in [9.17, 15) is 14.0 Å². The zero-order chi connectivity index (χ0) is 22.4. The highest BCUT2D eigenvalue weighted by atomic mass is 19.1. The van der Waals surface area contributed by atoms with Crippen molar-refractivity contribution in [3.05, 3.63) is 12.4 Å². The van der Waals surface area contributed by atoms with Crippen LogP contribution in [0.4, 0.5) is 10.2 Å². The molecular weight excluding hydrogens is 405 g/mol. The zero-order valence-electron chi connectivity index (χ0n) is 17.7. The Hall–Kier alpha value is -3.06. The molecule has 0 saturated carbocycles. The number of nitrogens with one attached hydrogen (secondary N) is 1. The van der Waals surface area contributed by atoms with Crippen molar-refractivity contribution in [3.8, 4) is 12.3 Å². The Morgan fingerprint density at radius 3 is 2.90 bits per heavy atom. The number of carbonyl (C=O) groups excluding carboxylic acids is 2. The van der Waals surface area contributed by atoms with E-state index in [4.69, 9.17) is 15.9 Å². The summed E-state index contributed by atoms with van der Waals surface area (Å²) in [6.45, 7) is 3.79. The number of rotatable bonds is 9. The Morgan fingerprint density at radius 2 is 2.19 bits per heavy atom. The Morgan fingerprint density at radius 1 is 1.39 bits per heavy atom. The third-order valence-corrected chi connectivity index (χ3v) is 5.06. The van der Waals surface area contributed by atoms with Crippen LogP contribution in [0, 0.1) is 18.4 Å². The minimum absolute atomic E-state index is 0.00534. The number of fused-ring (bicyclic) bond motifs is 1. The van der Waals surface area contributed by atoms with E-state index < -0.39 is 17.9 Å². The van der Waals surface area contributed by atoms with Gasteiger partial charge in [0.05, 0.1) is 6.33 Å². The van der Waals surface area contributed by atoms with Crippen molar-refractivity contribution in [1.29, 1.82) is 0 Å². The maximum atomic E-state index is 14.1. The van der Waals surface area contributed by atoms with Gasteiger partial charge in [-0.25, -0.2) is 4.98 Å². The van der Waals surface area contributed by atoms with Gasteiger partial charge >= 0.3 is 12.0 Å². The average molecular weight is 431 g/mol. The van der Waals surface area contributed by atoms with Gasteiger partial charge in [-0.3, -0.25) is 14.2 Å². The number of ether oxygens (including phenoxy) is 2. The molecule has 2 aromatic rings. The summed E-state index contributed by atoms with van der Waals surface area (Å²) in [5.74, 6) is 1.99. The molecule has 31 heavy (non-hydrogen) atoms. The number of esters is 1. The highest BCUT2D eigenvalue weighted by Gasteiger charge is 2.41. The van der Waals surface area contributed by atoms with Gasteiger partial charge in [-0.05, 0) is 25.7 Å². The fourth-order valence-corrected chi connectivity index (χ4v) is 3.38. The molecule has 9 nitrogen and oxygen atoms in total. The van der Waals surface area contributed by atoms with Gasteiger partial charge < -0.3 is 14.8 Å². The van der Waals surface area contributed by atoms with Crippen LogP contribution in [0.3, 0.4) is 0 Å². The van der Waals surface area contributed by atoms with Gasteiger partial charge in [0.15, 0.2) is 22.6 Å². The monoisotopic (exact) mass is 431 g/mol. The maximum absolute atomic E-state index is 14.1. The van der Waals surface area contributed by atoms with Crippen LogP contribution in [0.15, 0.2) is 6.33 Å². The van der Waals surface area contributed by atoms with Crippen LogP contribution in [0.5, 0.6) is 0 Å². The average Bonchev–Trinajstić information content (AvgIpc) is 3.35. The van der Waals surface area contributed by atoms with Crippen LogP contribution in [0.1, 0.15) is 65.0 Å². The number of nitrogens with zero attached hydrogens (tertiary/aromatic N) is 4. The lowest BCUT2D eigenvalue weighted by Gasteiger charge is -2.23. The number of anilines is 1. The first-order chi connectivity index (χ1) is 14.9. The smallest absolute Gasteiger partial charge is 0.312 e. The number of terminal acetylenes is 1. The van der Waals surface area contributed by atoms with E-state index in [1.54, 1.807) is 4.57 Å². The molecular formula is C21H26FN5O4. The fourth-order valence-electron chi connectivity index (χ4n) is 3.38. The number of hydrogen-bond acceptors (Lipinski definition) is 7. The molecule has 3 rings (SSSR count). The molecule has 2 atom stereocenters. The molecule has 2 aromatic heterocycles. The quantitative estimate of drug-likeness (QED) is 0.369. The third-order valence-electron chi connectivity index (χ3n) is 5.06. The SMILES string of the molecule is C#CC1(COC(=O)CCCC)CC[C@H](n2cnc3c(NC(=O)CCC)nc(F)nc32)O1. The largest absolute Gasteiger partial charge is 0.462 e. The number of aromatic nitrogens is 4. The molecule has 1 amide bonds. The second-order valence-corrected chi connectivity index (χ2v) is 7.48. The van der Waals surface area contributed by atoms with Crippen molar-refractivity contribution in [1.82, 2.24) is 19.5 Å². The summed E-state index contributed by atoms with van der Waals surface area (Å²) in [6.07, 6.45) is 9.38. The molecule has 1 aliphatic rings. The first kappa shape index (κ1) is 22.6. The summed E-state index contributed by atoms with van der Waals surface area (Å²) < 4.78 is 27.0. The van der Waals surface area contributed by atoms with Gasteiger partial charge in [0.2, 0.25) is 5.91 Å². The van der Waals surface area contributed by atoms with Crippen molar-refractivity contribution in [2.45, 2.75) is 70.6 Å². The van der Waals surface area contributed by atoms with Crippen molar-refractivity contribution < 1.29 is 23.5 Å². The van der Waals surface area contributed by atoms with Crippen molar-refractivity contribution >= 4 is 28.9 Å². The summed E-state index contributed by atoms with van der Waals surface area (Å²) in [6, 6.07) is 0. The number of halogens is 1. The lowest BCUT2D eigenvalue weighted by atomic mass is 10.0. The Bertz CT molecular complexity index is 1000. The van der Waals surface area contributed by atoms with E-state index in [-0.39, 0.29) is 41.9 Å². The second-order valence-electron chi connectivity index (χ2n) is 7.48. The minimum Gasteiger partial charge on any atom is -0.462 e. The van der Waals surface area contributed by atoms with Gasteiger partial charge in [-0.2, -0.15) is 14.4 Å². The molecule has 0 aliphatic carbocycles. The summed E-state index contributed by atoms with van der Waals surface area (Å²) in [7, 11) is 0. The first-order valence-electron chi connectivity index (χ1n) is 10.4. The highest BCUT2D eigenvalue weighted by molar-refractivity contribution is 5.96. The van der Waals surface area contributed by atoms with Crippen LogP contribution in [0.2, 0.25) is 0 Å². The van der Waals surface area contributed by atoms with Gasteiger partial charge in [0.25, 0.3) is 0 Å². The van der Waals surface area contributed by atoms with Gasteiger partial charge in [-0.1, -0.05) is 26.2 Å². The molecule has 0 radical (unpaired) electrons. The number of imidazole rings is 1. The lowest BCUT2D eigenvalue weighted by Crippen LogP contribution is -2.34. The number of unbranched alkanes of at least 4 members (excludes halogenated alkanes) is 1. The molecule has 1 saturated heterocycles. The molecule has 1 fully saturated rings. The Labute approximate surface area is 179 Å². The summed E-state index contributed by atoms with van der Waals surface area (Å²) in [5, 5.41) is 2.57. The first-order valence-corrected chi connectivity index (χ1v) is 10.4. The van der Waals surface area contributed by atoms with E-state index in [2.05, 4.69) is 26.2 Å². The molecule has 166 valence electrons. The summed E-state index contributed by atoms with van der Waals surface area (Å²) in [4.78, 5) is 35.5. The molecule has 1 aliphatic heterocycles. The van der Waals surface area contributed by atoms with Gasteiger partial charge in [0, 0.05) is 12.8 Å². The summed E-state index contributed by atoms with van der Waals surface area (Å²) in [5.41, 5.74) is -0.650. The predicted molar refractivity (Wildman–Crippen MR) is 110 cm³/mol. The van der Waals surface area contributed by atoms with Crippen molar-refractivity contribution in [2.24, 2.45) is 0 Å². The van der Waals surface area contributed by atoms with Gasteiger partial charge in [-0.15, -0.1) is 6.42 Å². The van der Waals surface area contributed by atoms with Crippen LogP contribution < -0.4 is 5.32 Å². The zero-order valence-corrected chi connectivity index (χ0v) is 17.7. The van der Waals surface area contributed by atoms with E-state index >= 15 is 0 Å². The molecule has 1 N–H and O–H groups in total. The van der Waals surface area contributed by atoms with Crippen LogP contribution >= 0.6 is 0 Å². The molecule has 0 bridgehead atoms. The topological polar surface area (TPSA) is 108 Å². The number of amides is 1. The van der Waals surface area contributed by atoms with E-state index in [1.807, 2.05) is 13.8 Å². The normalized spacial score (nSPS) is 20.5. The van der Waals surface area contributed by atoms with Crippen LogP contribution in [-0.4, -0.2) is 43.6 Å². The summed E-state index contributed by atoms with van der Waals surface area (Å²) >= 11 is 0. The van der Waals surface area contributed by atoms with E-state index in [0.717, 1.165) is 12.8 Å². The predicted octanol–water partition coefficient (Wildman–Crippen LogP) is 3.12. The van der Waals surface area contributed by atoms with Gasteiger partial charge in [0.1, 0.15) is 12.8 Å². The molecule has 1 unspecified atom stereocenters. The van der Waals surface area contributed by atoms with Crippen molar-refractivity contribution in [2.75, 3.05) is 11.9 Å². The standard InChI is InChI=1S/C21H26FN5O4/c1-4-7-9-16(29)30-12-21(6-3)11-10-15(31-21)27-13-23-17-18(24-14(28)8-5-2)25-20(22)26-19(17)27/h3,13,15H,4-5,7-12H2,1-2H3,(H,24,25,26,28)/t15-,21?/m1/s1. The lowest BCUT2D eigenvalue weighted by molar-refractivity contribution is -0.152. The van der Waals surface area contributed by atoms with E-state index in [0.29, 0.717) is 25.7 Å². The molecule has 3 heterocycles. The molecule has 10 heteroatoms. The Balaban J connectivity index is 1.78. The van der Waals surface area contributed by atoms with E-state index in [1.165, 1.54) is 6.33 Å². The third kappa shape index (κ3) is 5.17. The Kier molecular flexibility index (Phi) is 7.17. The fraction of sp³-hybridized carbons (Fsp3) is 0.571. The number of carbonyl (C=O) groups is 2. The van der Waals surface area contributed by atoms with Crippen LogP contribution in [-0.2, 0) is 19.1 Å². The number of hydrogen-bond donors (Lipinski definition) is 1. The second kappa shape index (κ2) is 9.83. The minimum atomic E-state index is -1.08. The maximum Gasteiger partial charge on any atom is 0.312 e. The highest BCUT2D eigenvalue weighted by Crippen LogP contribution is 2.38. The molecule has 0 spiro atoms.